The Hall–Kier alpha value is -2.11. The van der Waals surface area contributed by atoms with Gasteiger partial charge in [0.05, 0.1) is 49.7 Å². The number of esters is 1. The maximum atomic E-state index is 14.1. The van der Waals surface area contributed by atoms with Gasteiger partial charge in [-0.2, -0.15) is 0 Å². The van der Waals surface area contributed by atoms with Gasteiger partial charge in [-0.3, -0.25) is 9.69 Å². The van der Waals surface area contributed by atoms with Crippen molar-refractivity contribution < 1.29 is 47.2 Å². The molecule has 2 aliphatic heterocycles. The summed E-state index contributed by atoms with van der Waals surface area (Å²) >= 11 is 0. The van der Waals surface area contributed by atoms with Gasteiger partial charge in [0.2, 0.25) is 0 Å². The lowest BCUT2D eigenvalue weighted by atomic mass is 9.80. The van der Waals surface area contributed by atoms with Crippen LogP contribution in [0, 0.1) is 35.0 Å². The molecule has 0 radical (unpaired) electrons. The van der Waals surface area contributed by atoms with Crippen LogP contribution in [-0.2, 0) is 43.9 Å². The summed E-state index contributed by atoms with van der Waals surface area (Å²) in [6, 6.07) is 16.0. The Bertz CT molecular complexity index is 1620. The van der Waals surface area contributed by atoms with Crippen LogP contribution in [0.3, 0.4) is 0 Å². The van der Waals surface area contributed by atoms with Gasteiger partial charge in [0.1, 0.15) is 12.9 Å². The minimum absolute atomic E-state index is 0.0153. The summed E-state index contributed by atoms with van der Waals surface area (Å²) in [6.07, 6.45) is 2.29. The van der Waals surface area contributed by atoms with Crippen LogP contribution in [0.2, 0.25) is 36.3 Å². The van der Waals surface area contributed by atoms with Crippen LogP contribution in [0.4, 0.5) is 4.79 Å². The van der Waals surface area contributed by atoms with Crippen molar-refractivity contribution in [1.29, 1.82) is 0 Å². The summed E-state index contributed by atoms with van der Waals surface area (Å²) in [5, 5.41) is 12.0. The van der Waals surface area contributed by atoms with Crippen molar-refractivity contribution >= 4 is 28.7 Å². The van der Waals surface area contributed by atoms with E-state index in [4.69, 9.17) is 32.5 Å². The molecule has 392 valence electrons. The van der Waals surface area contributed by atoms with Gasteiger partial charge in [0.25, 0.3) is 0 Å². The molecule has 68 heavy (non-hydrogen) atoms. The number of aliphatic hydroxyl groups is 1. The normalized spacial score (nSPS) is 24.0. The summed E-state index contributed by atoms with van der Waals surface area (Å²) in [4.78, 5) is 28.6. The molecule has 2 fully saturated rings. The molecule has 1 amide bonds. The van der Waals surface area contributed by atoms with Gasteiger partial charge in [0, 0.05) is 18.9 Å². The number of aliphatic hydroxyl groups excluding tert-OH is 1. The van der Waals surface area contributed by atoms with Gasteiger partial charge in [-0.1, -0.05) is 120 Å². The maximum Gasteiger partial charge on any atom is 0.412 e. The van der Waals surface area contributed by atoms with Crippen molar-refractivity contribution in [3.05, 3.63) is 48.0 Å². The third kappa shape index (κ3) is 17.0. The molecule has 3 rings (SSSR count). The Morgan fingerprint density at radius 1 is 0.882 bits per heavy atom. The molecule has 2 aliphatic rings. The quantitative estimate of drug-likeness (QED) is 0.0262. The predicted molar refractivity (Wildman–Crippen MR) is 280 cm³/mol. The van der Waals surface area contributed by atoms with Crippen LogP contribution in [0.25, 0.3) is 0 Å². The molecule has 0 aromatic heterocycles. The molecular weight excluding hydrogens is 891 g/mol. The Morgan fingerprint density at radius 3 is 2.07 bits per heavy atom. The van der Waals surface area contributed by atoms with E-state index in [1.54, 1.807) is 0 Å². The number of rotatable bonds is 30. The zero-order valence-electron chi connectivity index (χ0n) is 45.7. The zero-order valence-corrected chi connectivity index (χ0v) is 47.7. The van der Waals surface area contributed by atoms with E-state index < -0.39 is 40.0 Å². The molecule has 1 unspecified atom stereocenters. The summed E-state index contributed by atoms with van der Waals surface area (Å²) in [7, 11) is -4.36. The highest BCUT2D eigenvalue weighted by molar-refractivity contribution is 6.74. The highest BCUT2D eigenvalue weighted by Crippen LogP contribution is 2.50. The molecule has 2 saturated heterocycles. The average molecular weight is 991 g/mol. The van der Waals surface area contributed by atoms with Gasteiger partial charge < -0.3 is 37.6 Å². The van der Waals surface area contributed by atoms with Crippen molar-refractivity contribution in [2.24, 2.45) is 35.0 Å². The van der Waals surface area contributed by atoms with Crippen molar-refractivity contribution in [3.63, 3.8) is 0 Å². The number of hydrogen-bond donors (Lipinski definition) is 1. The monoisotopic (exact) mass is 990 g/mol. The van der Waals surface area contributed by atoms with Crippen LogP contribution in [0.5, 0.6) is 0 Å². The minimum atomic E-state index is -2.20. The van der Waals surface area contributed by atoms with Crippen LogP contribution in [0.15, 0.2) is 42.5 Å². The number of hydrogen-bond acceptors (Lipinski definition) is 10. The molecule has 13 heteroatoms. The second kappa shape index (κ2) is 28.2. The highest BCUT2D eigenvalue weighted by atomic mass is 28.4. The highest BCUT2D eigenvalue weighted by Gasteiger charge is 2.61. The number of amides is 1. The second-order valence-corrected chi connectivity index (χ2v) is 31.6. The number of piperidine rings is 1. The van der Waals surface area contributed by atoms with Crippen LogP contribution in [0.1, 0.15) is 154 Å². The van der Waals surface area contributed by atoms with Gasteiger partial charge in [-0.15, -0.1) is 0 Å². The second-order valence-electron chi connectivity index (χ2n) is 22.2. The van der Waals surface area contributed by atoms with Crippen molar-refractivity contribution in [2.75, 3.05) is 26.6 Å². The molecule has 1 N–H and O–H groups in total. The smallest absolute Gasteiger partial charge is 0.412 e. The van der Waals surface area contributed by atoms with E-state index in [1.807, 2.05) is 62.9 Å². The van der Waals surface area contributed by atoms with Gasteiger partial charge >= 0.3 is 12.1 Å². The Kier molecular flexibility index (Phi) is 25.0. The third-order valence-corrected chi connectivity index (χ3v) is 24.8. The zero-order chi connectivity index (χ0) is 50.9. The van der Waals surface area contributed by atoms with Crippen LogP contribution < -0.4 is 0 Å². The van der Waals surface area contributed by atoms with Crippen LogP contribution >= 0.6 is 0 Å². The fraction of sp³-hybridized carbons (Fsp3) is 0.818. The van der Waals surface area contributed by atoms with E-state index in [9.17, 15) is 14.7 Å². The molecule has 11 nitrogen and oxygen atoms in total. The summed E-state index contributed by atoms with van der Waals surface area (Å²) in [6.45, 7) is 38.4. The number of carbonyl (C=O) groups is 2. The molecule has 1 aromatic rings. The molecular formula is C55H99NO10Si2. The first-order valence-electron chi connectivity index (χ1n) is 26.8. The summed E-state index contributed by atoms with van der Waals surface area (Å²) < 4.78 is 46.7. The molecule has 0 saturated carbocycles. The number of ether oxygens (including phenoxy) is 5. The lowest BCUT2D eigenvalue weighted by Crippen LogP contribution is -2.61. The summed E-state index contributed by atoms with van der Waals surface area (Å²) in [5.41, 5.74) is 0.429. The van der Waals surface area contributed by atoms with Crippen molar-refractivity contribution in [3.8, 4) is 0 Å². The third-order valence-electron chi connectivity index (χ3n) is 15.4. The molecule has 1 aromatic carbocycles. The number of likely N-dealkylation sites (tertiary alicyclic amines) is 1. The SMILES string of the molecule is C=C(CC(O)C[C@@H](C)C[C@@H](O[Si](CC)(CC)CC)[C@H]1O[C@@]2(C[C@H]1O[Si](CC)(CC)CC)[C@@H](C)C[C@@H](C)CN2C(=O)OCCC)[C@@H](OCOCc1ccccc1)[C@@H](C)C[C@@H](C)COC(=O)C(C)(C)C. The number of nitrogens with zero attached hydrogens (tertiary/aromatic N) is 1. The first kappa shape index (κ1) is 60.2. The molecule has 2 heterocycles. The molecule has 1 spiro atoms. The lowest BCUT2D eigenvalue weighted by Gasteiger charge is -2.50. The van der Waals surface area contributed by atoms with E-state index in [0.29, 0.717) is 58.0 Å². The maximum absolute atomic E-state index is 14.1. The van der Waals surface area contributed by atoms with Crippen LogP contribution in [-0.4, -0.2) is 102 Å². The standard InChI is InChI=1S/C55H99NO10Si2/c1-17-29-61-53(59)56-36-41(9)31-45(13)55(56)35-49(66-68(21-5,22-6)23-7)51(64-55)48(65-67(18-2,19-3)20-4)33-40(8)32-47(57)34-44(12)50(63-39-60-38-46-27-25-24-26-28-46)43(11)30-42(10)37-62-52(58)54(14,15)16/h24-28,40-43,45,47-51,57H,12,17-23,29-39H2,1-11,13-16H3/t40-,41-,42-,43+,45+,47?,48-,49-,50+,51-,55+/m1/s1. The van der Waals surface area contributed by atoms with Crippen molar-refractivity contribution in [1.82, 2.24) is 4.90 Å². The van der Waals surface area contributed by atoms with Gasteiger partial charge in [0.15, 0.2) is 22.4 Å². The topological polar surface area (TPSA) is 122 Å². The minimum Gasteiger partial charge on any atom is -0.465 e. The largest absolute Gasteiger partial charge is 0.465 e. The fourth-order valence-electron chi connectivity index (χ4n) is 10.9. The lowest BCUT2D eigenvalue weighted by molar-refractivity contribution is -0.204. The van der Waals surface area contributed by atoms with E-state index in [0.717, 1.165) is 66.7 Å². The van der Waals surface area contributed by atoms with E-state index >= 15 is 0 Å². The average Bonchev–Trinajstić information content (AvgIpc) is 3.68. The van der Waals surface area contributed by atoms with E-state index in [-0.39, 0.29) is 60.8 Å². The van der Waals surface area contributed by atoms with E-state index in [2.05, 4.69) is 82.7 Å². The molecule has 0 aliphatic carbocycles. The van der Waals surface area contributed by atoms with E-state index in [1.165, 1.54) is 0 Å². The molecule has 11 atom stereocenters. The fourth-order valence-corrected chi connectivity index (χ4v) is 16.7. The Labute approximate surface area is 416 Å². The first-order chi connectivity index (χ1) is 32.1. The summed E-state index contributed by atoms with van der Waals surface area (Å²) in [5.74, 6) is 0.323. The molecule has 0 bridgehead atoms. The Morgan fingerprint density at radius 2 is 1.50 bits per heavy atom. The van der Waals surface area contributed by atoms with Gasteiger partial charge in [-0.25, -0.2) is 4.79 Å². The number of carbonyl (C=O) groups excluding carboxylic acids is 2. The van der Waals surface area contributed by atoms with Gasteiger partial charge in [-0.05, 0) is 130 Å². The Balaban J connectivity index is 1.93. The van der Waals surface area contributed by atoms with Crippen molar-refractivity contribution in [2.45, 2.75) is 228 Å². The first-order valence-corrected chi connectivity index (χ1v) is 31.9. The predicted octanol–water partition coefficient (Wildman–Crippen LogP) is 13.3. The number of benzene rings is 1.